The first-order valence-electron chi connectivity index (χ1n) is 8.07. The van der Waals surface area contributed by atoms with Gasteiger partial charge < -0.3 is 15.7 Å². The molecule has 1 rings (SSSR count). The normalized spacial score (nSPS) is 13.0. The molecule has 0 amide bonds. The van der Waals surface area contributed by atoms with Crippen LogP contribution >= 0.6 is 15.9 Å². The third-order valence-corrected chi connectivity index (χ3v) is 3.94. The van der Waals surface area contributed by atoms with E-state index in [4.69, 9.17) is 5.11 Å². The van der Waals surface area contributed by atoms with Gasteiger partial charge in [-0.2, -0.15) is 0 Å². The molecule has 0 radical (unpaired) electrons. The van der Waals surface area contributed by atoms with Gasteiger partial charge in [0.05, 0.1) is 6.54 Å². The van der Waals surface area contributed by atoms with Gasteiger partial charge in [0.2, 0.25) is 0 Å². The standard InChI is InChI=1S/C17H28BrN3O/c1-3-6-14(9-10-22)12-20-17(19-4-2)21-13-15-7-5-8-16(18)11-15/h5,7-8,11,14,22H,3-4,6,9-10,12-13H2,1-2H3,(H2,19,20,21). The Labute approximate surface area is 142 Å². The number of aliphatic imine (C=N–C) groups is 1. The summed E-state index contributed by atoms with van der Waals surface area (Å²) in [6.07, 6.45) is 3.10. The van der Waals surface area contributed by atoms with Gasteiger partial charge in [0, 0.05) is 24.2 Å². The molecule has 124 valence electrons. The molecule has 0 heterocycles. The summed E-state index contributed by atoms with van der Waals surface area (Å²) in [7, 11) is 0. The minimum absolute atomic E-state index is 0.248. The van der Waals surface area contributed by atoms with E-state index in [0.717, 1.165) is 42.8 Å². The first kappa shape index (κ1) is 19.0. The molecule has 22 heavy (non-hydrogen) atoms. The first-order chi connectivity index (χ1) is 10.7. The van der Waals surface area contributed by atoms with Crippen molar-refractivity contribution in [1.82, 2.24) is 10.6 Å². The monoisotopic (exact) mass is 369 g/mol. The summed E-state index contributed by atoms with van der Waals surface area (Å²) < 4.78 is 1.07. The van der Waals surface area contributed by atoms with E-state index in [2.05, 4.69) is 57.5 Å². The molecule has 0 aliphatic carbocycles. The summed E-state index contributed by atoms with van der Waals surface area (Å²) >= 11 is 3.48. The lowest BCUT2D eigenvalue weighted by Crippen LogP contribution is -2.40. The van der Waals surface area contributed by atoms with E-state index in [1.54, 1.807) is 0 Å². The van der Waals surface area contributed by atoms with Gasteiger partial charge in [0.1, 0.15) is 0 Å². The second-order valence-electron chi connectivity index (χ2n) is 5.37. The van der Waals surface area contributed by atoms with E-state index < -0.39 is 0 Å². The van der Waals surface area contributed by atoms with Gasteiger partial charge >= 0.3 is 0 Å². The lowest BCUT2D eigenvalue weighted by molar-refractivity contribution is 0.251. The van der Waals surface area contributed by atoms with Crippen LogP contribution < -0.4 is 10.6 Å². The van der Waals surface area contributed by atoms with Crippen molar-refractivity contribution >= 4 is 21.9 Å². The van der Waals surface area contributed by atoms with Gasteiger partial charge in [-0.3, -0.25) is 0 Å². The number of aliphatic hydroxyl groups is 1. The maximum absolute atomic E-state index is 9.13. The Bertz CT molecular complexity index is 445. The Morgan fingerprint density at radius 2 is 2.09 bits per heavy atom. The minimum atomic E-state index is 0.248. The molecule has 3 N–H and O–H groups in total. The fraction of sp³-hybridized carbons (Fsp3) is 0.588. The van der Waals surface area contributed by atoms with Crippen LogP contribution in [-0.2, 0) is 6.54 Å². The molecular weight excluding hydrogens is 342 g/mol. The van der Waals surface area contributed by atoms with Gasteiger partial charge in [-0.05, 0) is 43.4 Å². The third kappa shape index (κ3) is 7.80. The highest BCUT2D eigenvalue weighted by Crippen LogP contribution is 2.12. The maximum atomic E-state index is 9.13. The number of benzene rings is 1. The summed E-state index contributed by atoms with van der Waals surface area (Å²) in [6.45, 7) is 6.82. The van der Waals surface area contributed by atoms with Crippen LogP contribution in [0.4, 0.5) is 0 Å². The molecule has 5 heteroatoms. The van der Waals surface area contributed by atoms with E-state index in [9.17, 15) is 0 Å². The SMILES string of the molecule is CCCC(CCO)CNC(=NCc1cccc(Br)c1)NCC. The zero-order valence-electron chi connectivity index (χ0n) is 13.6. The predicted octanol–water partition coefficient (Wildman–Crippen LogP) is 3.30. The van der Waals surface area contributed by atoms with E-state index in [-0.39, 0.29) is 6.61 Å². The van der Waals surface area contributed by atoms with Crippen molar-refractivity contribution in [3.8, 4) is 0 Å². The Balaban J connectivity index is 2.57. The lowest BCUT2D eigenvalue weighted by Gasteiger charge is -2.18. The number of rotatable bonds is 9. The predicted molar refractivity (Wildman–Crippen MR) is 97.1 cm³/mol. The lowest BCUT2D eigenvalue weighted by atomic mass is 10.0. The smallest absolute Gasteiger partial charge is 0.191 e. The number of nitrogens with zero attached hydrogens (tertiary/aromatic N) is 1. The minimum Gasteiger partial charge on any atom is -0.396 e. The molecule has 0 bridgehead atoms. The van der Waals surface area contributed by atoms with Crippen LogP contribution in [0.15, 0.2) is 33.7 Å². The maximum Gasteiger partial charge on any atom is 0.191 e. The van der Waals surface area contributed by atoms with Gasteiger partial charge in [0.15, 0.2) is 5.96 Å². The average molecular weight is 370 g/mol. The topological polar surface area (TPSA) is 56.6 Å². The highest BCUT2D eigenvalue weighted by atomic mass is 79.9. The fourth-order valence-corrected chi connectivity index (χ4v) is 2.77. The Morgan fingerprint density at radius 1 is 1.27 bits per heavy atom. The Kier molecular flexibility index (Phi) is 9.91. The molecule has 0 aliphatic rings. The van der Waals surface area contributed by atoms with E-state index in [1.807, 2.05) is 12.1 Å². The van der Waals surface area contributed by atoms with Crippen LogP contribution in [0.25, 0.3) is 0 Å². The largest absolute Gasteiger partial charge is 0.396 e. The molecule has 0 fully saturated rings. The number of halogens is 1. The quantitative estimate of drug-likeness (QED) is 0.462. The fourth-order valence-electron chi connectivity index (χ4n) is 2.33. The van der Waals surface area contributed by atoms with Crippen LogP contribution in [0, 0.1) is 5.92 Å². The Morgan fingerprint density at radius 3 is 2.73 bits per heavy atom. The van der Waals surface area contributed by atoms with Crippen LogP contribution in [0.5, 0.6) is 0 Å². The molecule has 1 atom stereocenters. The summed E-state index contributed by atoms with van der Waals surface area (Å²) in [5, 5.41) is 15.8. The highest BCUT2D eigenvalue weighted by Gasteiger charge is 2.08. The molecule has 1 aromatic rings. The molecule has 0 saturated heterocycles. The number of hydrogen-bond donors (Lipinski definition) is 3. The summed E-state index contributed by atoms with van der Waals surface area (Å²) in [4.78, 5) is 4.63. The van der Waals surface area contributed by atoms with Crippen molar-refractivity contribution in [2.75, 3.05) is 19.7 Å². The van der Waals surface area contributed by atoms with E-state index in [0.29, 0.717) is 12.5 Å². The van der Waals surface area contributed by atoms with Crippen molar-refractivity contribution in [2.24, 2.45) is 10.9 Å². The highest BCUT2D eigenvalue weighted by molar-refractivity contribution is 9.10. The van der Waals surface area contributed by atoms with Gasteiger partial charge in [-0.1, -0.05) is 41.4 Å². The number of hydrogen-bond acceptors (Lipinski definition) is 2. The molecule has 0 spiro atoms. The molecule has 0 aromatic heterocycles. The van der Waals surface area contributed by atoms with Crippen LogP contribution in [0.1, 0.15) is 38.7 Å². The number of guanidine groups is 1. The average Bonchev–Trinajstić information content (AvgIpc) is 2.50. The van der Waals surface area contributed by atoms with Gasteiger partial charge in [-0.15, -0.1) is 0 Å². The summed E-state index contributed by atoms with van der Waals surface area (Å²) in [6, 6.07) is 8.19. The zero-order chi connectivity index (χ0) is 16.2. The third-order valence-electron chi connectivity index (χ3n) is 3.45. The summed E-state index contributed by atoms with van der Waals surface area (Å²) in [5.41, 5.74) is 1.17. The summed E-state index contributed by atoms with van der Waals surface area (Å²) in [5.74, 6) is 1.33. The number of aliphatic hydroxyl groups excluding tert-OH is 1. The van der Waals surface area contributed by atoms with Crippen molar-refractivity contribution in [1.29, 1.82) is 0 Å². The van der Waals surface area contributed by atoms with Crippen molar-refractivity contribution in [3.63, 3.8) is 0 Å². The zero-order valence-corrected chi connectivity index (χ0v) is 15.2. The van der Waals surface area contributed by atoms with Crippen LogP contribution in [0.3, 0.4) is 0 Å². The second-order valence-corrected chi connectivity index (χ2v) is 6.29. The molecule has 0 saturated carbocycles. The van der Waals surface area contributed by atoms with Gasteiger partial charge in [-0.25, -0.2) is 4.99 Å². The van der Waals surface area contributed by atoms with Crippen molar-refractivity contribution in [2.45, 2.75) is 39.7 Å². The molecule has 0 aliphatic heterocycles. The second kappa shape index (κ2) is 11.5. The van der Waals surface area contributed by atoms with Crippen LogP contribution in [0.2, 0.25) is 0 Å². The van der Waals surface area contributed by atoms with E-state index >= 15 is 0 Å². The molecular formula is C17H28BrN3O. The van der Waals surface area contributed by atoms with Crippen molar-refractivity contribution < 1.29 is 5.11 Å². The van der Waals surface area contributed by atoms with E-state index in [1.165, 1.54) is 5.56 Å². The van der Waals surface area contributed by atoms with Gasteiger partial charge in [0.25, 0.3) is 0 Å². The Hall–Kier alpha value is -1.07. The number of nitrogens with one attached hydrogen (secondary N) is 2. The molecule has 1 unspecified atom stereocenters. The molecule has 4 nitrogen and oxygen atoms in total. The first-order valence-corrected chi connectivity index (χ1v) is 8.86. The van der Waals surface area contributed by atoms with Crippen molar-refractivity contribution in [3.05, 3.63) is 34.3 Å². The van der Waals surface area contributed by atoms with Crippen LogP contribution in [-0.4, -0.2) is 30.8 Å². The molecule has 1 aromatic carbocycles.